The molecule has 3 nitrogen and oxygen atoms in total. The third-order valence-electron chi connectivity index (χ3n) is 6.54. The second-order valence-corrected chi connectivity index (χ2v) is 9.38. The van der Waals surface area contributed by atoms with E-state index in [9.17, 15) is 4.79 Å². The van der Waals surface area contributed by atoms with E-state index < -0.39 is 0 Å². The Morgan fingerprint density at radius 2 is 0.953 bits per heavy atom. The van der Waals surface area contributed by atoms with Crippen molar-refractivity contribution in [2.75, 3.05) is 0 Å². The molecule has 0 aliphatic heterocycles. The Labute approximate surface area is 281 Å². The molecule has 4 aliphatic carbocycles. The number of ketones is 1. The first-order valence-corrected chi connectivity index (χ1v) is 13.6. The zero-order valence-electron chi connectivity index (χ0n) is 23.4. The van der Waals surface area contributed by atoms with Crippen LogP contribution in [0, 0.1) is 127 Å². The molecular formula is C38H30Fe2N2O+4. The van der Waals surface area contributed by atoms with Gasteiger partial charge in [-0.2, -0.15) is 5.10 Å². The molecule has 3 aromatic rings. The van der Waals surface area contributed by atoms with E-state index in [0.29, 0.717) is 23.2 Å². The second kappa shape index (κ2) is 19.6. The van der Waals surface area contributed by atoms with Gasteiger partial charge in [0.15, 0.2) is 5.78 Å². The number of carbonyl (C=O) groups is 1. The fraction of sp³-hybridized carbons (Fsp3) is 0.0263. The van der Waals surface area contributed by atoms with Crippen LogP contribution in [0.3, 0.4) is 0 Å². The van der Waals surface area contributed by atoms with Gasteiger partial charge in [-0.15, -0.1) is 5.10 Å². The van der Waals surface area contributed by atoms with Crippen molar-refractivity contribution in [3.8, 4) is 11.3 Å². The molecule has 0 bridgehead atoms. The summed E-state index contributed by atoms with van der Waals surface area (Å²) in [6, 6.07) is 19.2. The quantitative estimate of drug-likeness (QED) is 0.213. The molecule has 0 amide bonds. The van der Waals surface area contributed by atoms with E-state index in [2.05, 4.69) is 23.0 Å². The molecule has 2 aromatic carbocycles. The number of hydrogen-bond acceptors (Lipinski definition) is 3. The number of carbonyl (C=O) groups excluding carboxylic acids is 1. The third-order valence-corrected chi connectivity index (χ3v) is 6.54. The summed E-state index contributed by atoms with van der Waals surface area (Å²) in [6.45, 7) is 0. The van der Waals surface area contributed by atoms with Gasteiger partial charge in [0.1, 0.15) is 5.69 Å². The SMILES string of the molecule is O=C(c1ccccc1)c1c(-c2ccccc2)nnc([C]2[CH][CH][CH][CH]2)c1C[C]1[CH][CH][CH][CH]1.[CH]1[CH][CH][CH][CH]1.[CH]1[CH][CH][CH][CH]1.[Fe+2].[Fe+2]. The van der Waals surface area contributed by atoms with Crippen LogP contribution in [0.2, 0.25) is 0 Å². The van der Waals surface area contributed by atoms with Crippen LogP contribution in [0.1, 0.15) is 27.2 Å². The van der Waals surface area contributed by atoms with E-state index in [0.717, 1.165) is 28.7 Å². The van der Waals surface area contributed by atoms with Gasteiger partial charge in [-0.05, 0) is 133 Å². The van der Waals surface area contributed by atoms with Gasteiger partial charge in [-0.1, -0.05) is 60.7 Å². The second-order valence-electron chi connectivity index (χ2n) is 9.38. The topological polar surface area (TPSA) is 42.9 Å². The maximum atomic E-state index is 13.8. The predicted molar refractivity (Wildman–Crippen MR) is 164 cm³/mol. The Morgan fingerprint density at radius 3 is 1.47 bits per heavy atom. The monoisotopic (exact) mass is 642 g/mol. The maximum Gasteiger partial charge on any atom is 2.00 e. The predicted octanol–water partition coefficient (Wildman–Crippen LogP) is 7.11. The van der Waals surface area contributed by atoms with Gasteiger partial charge < -0.3 is 0 Å². The van der Waals surface area contributed by atoms with Crippen molar-refractivity contribution in [3.05, 3.63) is 210 Å². The summed E-state index contributed by atoms with van der Waals surface area (Å²) in [5.41, 5.74) is 4.42. The average Bonchev–Trinajstić information content (AvgIpc) is 3.88. The summed E-state index contributed by atoms with van der Waals surface area (Å²) in [5, 5.41) is 9.18. The van der Waals surface area contributed by atoms with Gasteiger partial charge in [0.2, 0.25) is 0 Å². The Kier molecular flexibility index (Phi) is 16.3. The molecule has 210 valence electrons. The van der Waals surface area contributed by atoms with Crippen LogP contribution >= 0.6 is 0 Å². The van der Waals surface area contributed by atoms with Crippen LogP contribution < -0.4 is 0 Å². The first-order chi connectivity index (χ1) is 20.3. The van der Waals surface area contributed by atoms with Crippen molar-refractivity contribution in [2.24, 2.45) is 0 Å². The summed E-state index contributed by atoms with van der Waals surface area (Å²) in [5.74, 6) is 2.07. The molecule has 20 radical (unpaired) electrons. The van der Waals surface area contributed by atoms with E-state index in [1.807, 2.05) is 163 Å². The fourth-order valence-electron chi connectivity index (χ4n) is 4.56. The fourth-order valence-corrected chi connectivity index (χ4v) is 4.56. The van der Waals surface area contributed by atoms with Gasteiger partial charge in [0, 0.05) is 17.0 Å². The molecule has 0 saturated heterocycles. The van der Waals surface area contributed by atoms with Crippen LogP contribution in [0.4, 0.5) is 0 Å². The van der Waals surface area contributed by atoms with Crippen molar-refractivity contribution in [1.82, 2.24) is 10.2 Å². The number of nitrogens with zero attached hydrogens (tertiary/aromatic N) is 2. The molecule has 0 atom stereocenters. The van der Waals surface area contributed by atoms with Crippen molar-refractivity contribution in [2.45, 2.75) is 6.42 Å². The van der Waals surface area contributed by atoms with Crippen molar-refractivity contribution in [3.63, 3.8) is 0 Å². The van der Waals surface area contributed by atoms with Crippen LogP contribution in [-0.2, 0) is 40.6 Å². The van der Waals surface area contributed by atoms with E-state index >= 15 is 0 Å². The van der Waals surface area contributed by atoms with E-state index in [-0.39, 0.29) is 39.9 Å². The Balaban J connectivity index is 0.000000358. The molecule has 4 fully saturated rings. The largest absolute Gasteiger partial charge is 2.00 e. The molecule has 7 rings (SSSR count). The maximum absolute atomic E-state index is 13.8. The molecule has 4 aliphatic rings. The molecule has 4 saturated carbocycles. The van der Waals surface area contributed by atoms with Gasteiger partial charge in [0.05, 0.1) is 11.3 Å². The molecular weight excluding hydrogens is 612 g/mol. The van der Waals surface area contributed by atoms with Crippen LogP contribution in [0.25, 0.3) is 11.3 Å². The molecule has 43 heavy (non-hydrogen) atoms. The van der Waals surface area contributed by atoms with Crippen molar-refractivity contribution >= 4 is 5.78 Å². The zero-order chi connectivity index (χ0) is 28.1. The van der Waals surface area contributed by atoms with Crippen molar-refractivity contribution < 1.29 is 38.9 Å². The van der Waals surface area contributed by atoms with Gasteiger partial charge in [-0.3, -0.25) is 4.79 Å². The van der Waals surface area contributed by atoms with Gasteiger partial charge in [0.25, 0.3) is 0 Å². The first kappa shape index (κ1) is 35.7. The summed E-state index contributed by atoms with van der Waals surface area (Å²) in [6.07, 6.45) is 36.8. The Morgan fingerprint density at radius 1 is 0.512 bits per heavy atom. The number of benzene rings is 2. The molecule has 1 aromatic heterocycles. The van der Waals surface area contributed by atoms with E-state index in [4.69, 9.17) is 0 Å². The van der Waals surface area contributed by atoms with Crippen molar-refractivity contribution in [1.29, 1.82) is 0 Å². The number of rotatable bonds is 6. The summed E-state index contributed by atoms with van der Waals surface area (Å²) in [4.78, 5) is 13.8. The molecule has 0 unspecified atom stereocenters. The van der Waals surface area contributed by atoms with E-state index in [1.54, 1.807) is 0 Å². The minimum absolute atomic E-state index is 0. The summed E-state index contributed by atoms with van der Waals surface area (Å²) < 4.78 is 0. The van der Waals surface area contributed by atoms with Crippen LogP contribution in [-0.4, -0.2) is 16.0 Å². The zero-order valence-corrected chi connectivity index (χ0v) is 25.6. The summed E-state index contributed by atoms with van der Waals surface area (Å²) in [7, 11) is 0. The summed E-state index contributed by atoms with van der Waals surface area (Å²) >= 11 is 0. The van der Waals surface area contributed by atoms with Gasteiger partial charge >= 0.3 is 34.1 Å². The number of hydrogen-bond donors (Lipinski definition) is 0. The third kappa shape index (κ3) is 10.4. The Hall–Kier alpha value is -1.77. The van der Waals surface area contributed by atoms with Crippen LogP contribution in [0.5, 0.6) is 0 Å². The minimum Gasteiger partial charge on any atom is -0.289 e. The average molecular weight is 642 g/mol. The van der Waals surface area contributed by atoms with E-state index in [1.165, 1.54) is 0 Å². The number of aromatic nitrogens is 2. The molecule has 0 spiro atoms. The minimum atomic E-state index is -0.0382. The van der Waals surface area contributed by atoms with Gasteiger partial charge in [-0.25, -0.2) is 0 Å². The standard InChI is InChI=1S/C28H20N2O.2C5H5.2Fe/c31-28(23-17-5-2-6-18-23)25-24(19-20-11-7-8-12-20)26(21-15-9-10-16-21)29-30-27(25)22-13-3-1-4-14-22;2*1-2-4-5-3-1;;/h1-18H,19H2;2*1-5H;;/q;;;2*+2. The normalized spacial score (nSPS) is 18.0. The molecule has 1 heterocycles. The first-order valence-electron chi connectivity index (χ1n) is 13.6. The van der Waals surface area contributed by atoms with Crippen LogP contribution in [0.15, 0.2) is 60.7 Å². The molecule has 5 heteroatoms. The smallest absolute Gasteiger partial charge is 0.289 e. The Bertz CT molecular complexity index is 1170. The molecule has 0 N–H and O–H groups in total.